The van der Waals surface area contributed by atoms with E-state index in [0.717, 1.165) is 37.7 Å². The van der Waals surface area contributed by atoms with E-state index in [2.05, 4.69) is 66.1 Å². The number of aryl methyl sites for hydroxylation is 3. The molecule has 0 aliphatic carbocycles. The van der Waals surface area contributed by atoms with Crippen molar-refractivity contribution in [3.63, 3.8) is 0 Å². The number of aromatic nitrogens is 2. The minimum absolute atomic E-state index is 0.0245. The van der Waals surface area contributed by atoms with Gasteiger partial charge < -0.3 is 10.6 Å². The van der Waals surface area contributed by atoms with E-state index in [4.69, 9.17) is 0 Å². The van der Waals surface area contributed by atoms with E-state index in [0.29, 0.717) is 0 Å². The van der Waals surface area contributed by atoms with Crippen molar-refractivity contribution in [1.82, 2.24) is 20.4 Å². The number of guanidine groups is 1. The van der Waals surface area contributed by atoms with Crippen LogP contribution in [0, 0.1) is 13.8 Å². The number of nitrogens with zero attached hydrogens (tertiary/aromatic N) is 3. The molecular formula is C15H29N5. The molecule has 5 nitrogen and oxygen atoms in total. The third-order valence-electron chi connectivity index (χ3n) is 2.74. The molecule has 0 amide bonds. The summed E-state index contributed by atoms with van der Waals surface area (Å²) in [6, 6.07) is 2.11. The van der Waals surface area contributed by atoms with E-state index in [1.165, 1.54) is 5.69 Å². The highest BCUT2D eigenvalue weighted by Crippen LogP contribution is 2.03. The molecule has 114 valence electrons. The molecule has 1 rings (SSSR count). The molecule has 0 bridgehead atoms. The van der Waals surface area contributed by atoms with Gasteiger partial charge in [0.25, 0.3) is 0 Å². The summed E-state index contributed by atoms with van der Waals surface area (Å²) < 4.78 is 2.05. The van der Waals surface area contributed by atoms with Gasteiger partial charge in [0.05, 0.1) is 5.69 Å². The Morgan fingerprint density at radius 2 is 2.05 bits per heavy atom. The van der Waals surface area contributed by atoms with Crippen molar-refractivity contribution < 1.29 is 0 Å². The summed E-state index contributed by atoms with van der Waals surface area (Å²) in [5, 5.41) is 11.1. The molecule has 1 aromatic rings. The maximum atomic E-state index is 4.60. The molecule has 5 heteroatoms. The minimum Gasteiger partial charge on any atom is -0.357 e. The van der Waals surface area contributed by atoms with Gasteiger partial charge >= 0.3 is 0 Å². The predicted molar refractivity (Wildman–Crippen MR) is 85.2 cm³/mol. The van der Waals surface area contributed by atoms with Crippen molar-refractivity contribution in [1.29, 1.82) is 0 Å². The molecule has 0 aliphatic rings. The fraction of sp³-hybridized carbons (Fsp3) is 0.733. The zero-order chi connectivity index (χ0) is 15.2. The summed E-state index contributed by atoms with van der Waals surface area (Å²) in [6.45, 7) is 15.2. The second-order valence-electron chi connectivity index (χ2n) is 6.14. The molecule has 0 atom stereocenters. The van der Waals surface area contributed by atoms with Crippen LogP contribution in [0.3, 0.4) is 0 Å². The van der Waals surface area contributed by atoms with Crippen molar-refractivity contribution in [3.8, 4) is 0 Å². The Morgan fingerprint density at radius 1 is 1.35 bits per heavy atom. The van der Waals surface area contributed by atoms with Gasteiger partial charge in [-0.2, -0.15) is 5.10 Å². The van der Waals surface area contributed by atoms with Crippen LogP contribution in [-0.4, -0.2) is 34.4 Å². The summed E-state index contributed by atoms with van der Waals surface area (Å²) in [6.07, 6.45) is 0.989. The Labute approximate surface area is 122 Å². The summed E-state index contributed by atoms with van der Waals surface area (Å²) in [5.41, 5.74) is 2.32. The van der Waals surface area contributed by atoms with E-state index in [1.54, 1.807) is 0 Å². The van der Waals surface area contributed by atoms with Crippen molar-refractivity contribution in [2.45, 2.75) is 60.0 Å². The highest BCUT2D eigenvalue weighted by atomic mass is 15.3. The maximum absolute atomic E-state index is 4.60. The van der Waals surface area contributed by atoms with Crippen LogP contribution in [0.1, 0.15) is 45.5 Å². The van der Waals surface area contributed by atoms with Gasteiger partial charge in [0.2, 0.25) is 0 Å². The average molecular weight is 279 g/mol. The van der Waals surface area contributed by atoms with Crippen LogP contribution in [-0.2, 0) is 6.54 Å². The molecule has 20 heavy (non-hydrogen) atoms. The highest BCUT2D eigenvalue weighted by Gasteiger charge is 2.11. The van der Waals surface area contributed by atoms with Crippen LogP contribution in [0.25, 0.3) is 0 Å². The van der Waals surface area contributed by atoms with E-state index < -0.39 is 0 Å². The molecule has 0 spiro atoms. The molecular weight excluding hydrogens is 250 g/mol. The molecule has 0 saturated heterocycles. The molecule has 0 saturated carbocycles. The Morgan fingerprint density at radius 3 is 2.55 bits per heavy atom. The lowest BCUT2D eigenvalue weighted by atomic mass is 10.1. The van der Waals surface area contributed by atoms with Gasteiger partial charge in [-0.25, -0.2) is 0 Å². The molecule has 1 heterocycles. The topological polar surface area (TPSA) is 54.2 Å². The predicted octanol–water partition coefficient (Wildman–Crippen LogP) is 2.24. The highest BCUT2D eigenvalue weighted by molar-refractivity contribution is 5.80. The number of hydrogen-bond donors (Lipinski definition) is 2. The van der Waals surface area contributed by atoms with Crippen molar-refractivity contribution in [2.75, 3.05) is 13.1 Å². The first kappa shape index (κ1) is 16.5. The van der Waals surface area contributed by atoms with Gasteiger partial charge in [0.1, 0.15) is 0 Å². The minimum atomic E-state index is 0.0245. The number of hydrogen-bond acceptors (Lipinski definition) is 2. The van der Waals surface area contributed by atoms with E-state index in [9.17, 15) is 0 Å². The first-order chi connectivity index (χ1) is 9.31. The monoisotopic (exact) mass is 279 g/mol. The summed E-state index contributed by atoms with van der Waals surface area (Å²) in [7, 11) is 0. The van der Waals surface area contributed by atoms with Gasteiger partial charge in [-0.05, 0) is 54.0 Å². The van der Waals surface area contributed by atoms with Gasteiger partial charge in [-0.15, -0.1) is 0 Å². The quantitative estimate of drug-likeness (QED) is 0.494. The standard InChI is InChI=1S/C15H29N5/c1-7-16-14(18-15(4,5)6)17-9-8-10-20-13(3)11-12(2)19-20/h11H,7-10H2,1-6H3,(H2,16,17,18). The molecule has 2 N–H and O–H groups in total. The lowest BCUT2D eigenvalue weighted by Crippen LogP contribution is -2.47. The zero-order valence-electron chi connectivity index (χ0n) is 13.7. The van der Waals surface area contributed by atoms with Gasteiger partial charge in [-0.3, -0.25) is 9.67 Å². The summed E-state index contributed by atoms with van der Waals surface area (Å²) >= 11 is 0. The third kappa shape index (κ3) is 6.08. The lowest BCUT2D eigenvalue weighted by Gasteiger charge is -2.23. The fourth-order valence-corrected chi connectivity index (χ4v) is 1.97. The zero-order valence-corrected chi connectivity index (χ0v) is 13.7. The fourth-order valence-electron chi connectivity index (χ4n) is 1.97. The van der Waals surface area contributed by atoms with Gasteiger partial charge in [0.15, 0.2) is 5.96 Å². The smallest absolute Gasteiger partial charge is 0.191 e. The first-order valence-electron chi connectivity index (χ1n) is 7.39. The summed E-state index contributed by atoms with van der Waals surface area (Å²) in [4.78, 5) is 4.60. The molecule has 0 radical (unpaired) electrons. The number of aliphatic imine (C=N–C) groups is 1. The Balaban J connectivity index is 2.46. The normalized spacial score (nSPS) is 12.6. The molecule has 0 aliphatic heterocycles. The molecule has 1 aromatic heterocycles. The Hall–Kier alpha value is -1.52. The second kappa shape index (κ2) is 7.31. The van der Waals surface area contributed by atoms with E-state index >= 15 is 0 Å². The van der Waals surface area contributed by atoms with Crippen LogP contribution in [0.5, 0.6) is 0 Å². The summed E-state index contributed by atoms with van der Waals surface area (Å²) in [5.74, 6) is 0.883. The average Bonchev–Trinajstić information content (AvgIpc) is 2.61. The SMILES string of the molecule is CCNC(=NCCCn1nc(C)cc1C)NC(C)(C)C. The molecule has 0 aromatic carbocycles. The van der Waals surface area contributed by atoms with Gasteiger partial charge in [-0.1, -0.05) is 0 Å². The largest absolute Gasteiger partial charge is 0.357 e. The molecule has 0 unspecified atom stereocenters. The Kier molecular flexibility index (Phi) is 6.05. The number of nitrogens with one attached hydrogen (secondary N) is 2. The third-order valence-corrected chi connectivity index (χ3v) is 2.74. The van der Waals surface area contributed by atoms with Crippen LogP contribution >= 0.6 is 0 Å². The van der Waals surface area contributed by atoms with Gasteiger partial charge in [0, 0.05) is 30.9 Å². The second-order valence-corrected chi connectivity index (χ2v) is 6.14. The van der Waals surface area contributed by atoms with Crippen molar-refractivity contribution >= 4 is 5.96 Å². The van der Waals surface area contributed by atoms with E-state index in [1.807, 2.05) is 6.92 Å². The number of rotatable bonds is 5. The molecule has 0 fully saturated rings. The van der Waals surface area contributed by atoms with Crippen LogP contribution in [0.2, 0.25) is 0 Å². The lowest BCUT2D eigenvalue weighted by molar-refractivity contribution is 0.500. The first-order valence-corrected chi connectivity index (χ1v) is 7.39. The van der Waals surface area contributed by atoms with Crippen molar-refractivity contribution in [2.24, 2.45) is 4.99 Å². The van der Waals surface area contributed by atoms with Crippen LogP contribution in [0.15, 0.2) is 11.1 Å². The van der Waals surface area contributed by atoms with E-state index in [-0.39, 0.29) is 5.54 Å². The maximum Gasteiger partial charge on any atom is 0.191 e. The Bertz CT molecular complexity index is 440. The van der Waals surface area contributed by atoms with Crippen molar-refractivity contribution in [3.05, 3.63) is 17.5 Å². The van der Waals surface area contributed by atoms with Crippen LogP contribution < -0.4 is 10.6 Å². The van der Waals surface area contributed by atoms with Crippen LogP contribution in [0.4, 0.5) is 0 Å².